The van der Waals surface area contributed by atoms with Crippen LogP contribution in [-0.2, 0) is 14.8 Å². The highest BCUT2D eigenvalue weighted by molar-refractivity contribution is 7.89. The van der Waals surface area contributed by atoms with Gasteiger partial charge in [0.05, 0.1) is 15.3 Å². The van der Waals surface area contributed by atoms with Gasteiger partial charge in [-0.25, -0.2) is 17.9 Å². The fraction of sp³-hybridized carbons (Fsp3) is 0.333. The van der Waals surface area contributed by atoms with Crippen molar-refractivity contribution in [3.05, 3.63) is 51.7 Å². The van der Waals surface area contributed by atoms with Crippen molar-refractivity contribution >= 4 is 33.1 Å². The SMILES string of the molecule is Cc1ccc(C(=O)COC(=O)c2cccc(S(=O)(=O)NC(C)(C)C)c2)s1. The highest BCUT2D eigenvalue weighted by atomic mass is 32.2. The first-order valence-electron chi connectivity index (χ1n) is 7.89. The Labute approximate surface area is 157 Å². The molecule has 140 valence electrons. The normalized spacial score (nSPS) is 12.0. The molecule has 0 amide bonds. The van der Waals surface area contributed by atoms with Crippen molar-refractivity contribution < 1.29 is 22.7 Å². The van der Waals surface area contributed by atoms with Crippen LogP contribution in [0.3, 0.4) is 0 Å². The number of carbonyl (C=O) groups is 2. The largest absolute Gasteiger partial charge is 0.454 e. The summed E-state index contributed by atoms with van der Waals surface area (Å²) in [7, 11) is -3.77. The van der Waals surface area contributed by atoms with E-state index in [1.807, 2.05) is 13.0 Å². The molecule has 2 rings (SSSR count). The number of thiophene rings is 1. The molecule has 0 saturated heterocycles. The maximum atomic E-state index is 12.4. The maximum Gasteiger partial charge on any atom is 0.338 e. The van der Waals surface area contributed by atoms with Crippen molar-refractivity contribution in [3.63, 3.8) is 0 Å². The number of rotatable bonds is 6. The lowest BCUT2D eigenvalue weighted by Crippen LogP contribution is -2.40. The van der Waals surface area contributed by atoms with E-state index in [0.29, 0.717) is 4.88 Å². The number of benzene rings is 1. The standard InChI is InChI=1S/C18H21NO5S2/c1-12-8-9-16(25-12)15(20)11-24-17(21)13-6-5-7-14(10-13)26(22,23)19-18(2,3)4/h5-10,19H,11H2,1-4H3. The van der Waals surface area contributed by atoms with Crippen molar-refractivity contribution in [1.29, 1.82) is 0 Å². The van der Waals surface area contributed by atoms with E-state index in [4.69, 9.17) is 4.74 Å². The smallest absolute Gasteiger partial charge is 0.338 e. The average Bonchev–Trinajstić information content (AvgIpc) is 2.97. The maximum absolute atomic E-state index is 12.4. The number of hydrogen-bond acceptors (Lipinski definition) is 6. The molecule has 8 heteroatoms. The monoisotopic (exact) mass is 395 g/mol. The molecule has 0 aliphatic heterocycles. The Morgan fingerprint density at radius 2 is 1.85 bits per heavy atom. The molecule has 0 aliphatic rings. The van der Waals surface area contributed by atoms with E-state index < -0.39 is 28.1 Å². The molecular formula is C18H21NO5S2. The van der Waals surface area contributed by atoms with Crippen LogP contribution in [0, 0.1) is 6.92 Å². The van der Waals surface area contributed by atoms with Crippen molar-refractivity contribution in [3.8, 4) is 0 Å². The van der Waals surface area contributed by atoms with Gasteiger partial charge in [0, 0.05) is 10.4 Å². The third-order valence-corrected chi connectivity index (χ3v) is 5.97. The number of nitrogens with one attached hydrogen (secondary N) is 1. The summed E-state index contributed by atoms with van der Waals surface area (Å²) in [6.45, 7) is 6.66. The van der Waals surface area contributed by atoms with Crippen LogP contribution >= 0.6 is 11.3 Å². The Bertz CT molecular complexity index is 923. The quantitative estimate of drug-likeness (QED) is 0.599. The molecule has 6 nitrogen and oxygen atoms in total. The van der Waals surface area contributed by atoms with Gasteiger partial charge in [-0.2, -0.15) is 0 Å². The van der Waals surface area contributed by atoms with Crippen LogP contribution in [-0.4, -0.2) is 32.3 Å². The van der Waals surface area contributed by atoms with Gasteiger partial charge >= 0.3 is 5.97 Å². The van der Waals surface area contributed by atoms with Gasteiger partial charge in [-0.05, 0) is 58.0 Å². The predicted octanol–water partition coefficient (Wildman–Crippen LogP) is 3.17. The number of Topliss-reactive ketones (excluding diaryl/α,β-unsaturated/α-hetero) is 1. The molecular weight excluding hydrogens is 374 g/mol. The van der Waals surface area contributed by atoms with E-state index in [1.165, 1.54) is 35.6 Å². The van der Waals surface area contributed by atoms with E-state index >= 15 is 0 Å². The summed E-state index contributed by atoms with van der Waals surface area (Å²) >= 11 is 1.33. The molecule has 1 N–H and O–H groups in total. The number of esters is 1. The predicted molar refractivity (Wildman–Crippen MR) is 100 cm³/mol. The lowest BCUT2D eigenvalue weighted by molar-refractivity contribution is 0.0475. The first-order valence-corrected chi connectivity index (χ1v) is 10.2. The molecule has 1 aromatic carbocycles. The Balaban J connectivity index is 2.09. The molecule has 26 heavy (non-hydrogen) atoms. The van der Waals surface area contributed by atoms with E-state index in [2.05, 4.69) is 4.72 Å². The van der Waals surface area contributed by atoms with Crippen LogP contribution < -0.4 is 4.72 Å². The molecule has 2 aromatic rings. The van der Waals surface area contributed by atoms with Crippen molar-refractivity contribution in [2.45, 2.75) is 38.1 Å². The highest BCUT2D eigenvalue weighted by Gasteiger charge is 2.23. The minimum absolute atomic E-state index is 0.0397. The summed E-state index contributed by atoms with van der Waals surface area (Å²) in [4.78, 5) is 25.6. The van der Waals surface area contributed by atoms with Gasteiger partial charge in [0.15, 0.2) is 6.61 Å². The van der Waals surface area contributed by atoms with Crippen molar-refractivity contribution in [1.82, 2.24) is 4.72 Å². The Hall–Kier alpha value is -2.03. The topological polar surface area (TPSA) is 89.5 Å². The zero-order valence-electron chi connectivity index (χ0n) is 15.0. The first-order chi connectivity index (χ1) is 12.0. The molecule has 0 unspecified atom stereocenters. The second-order valence-corrected chi connectivity index (χ2v) is 9.76. The minimum Gasteiger partial charge on any atom is -0.454 e. The second-order valence-electron chi connectivity index (χ2n) is 6.79. The van der Waals surface area contributed by atoms with Gasteiger partial charge in [-0.15, -0.1) is 11.3 Å². The molecule has 1 aromatic heterocycles. The Kier molecular flexibility index (Phi) is 6.00. The Morgan fingerprint density at radius 3 is 2.42 bits per heavy atom. The van der Waals surface area contributed by atoms with Crippen molar-refractivity contribution in [2.75, 3.05) is 6.61 Å². The van der Waals surface area contributed by atoms with Crippen LogP contribution in [0.15, 0.2) is 41.3 Å². The van der Waals surface area contributed by atoms with Gasteiger partial charge < -0.3 is 4.74 Å². The summed E-state index contributed by atoms with van der Waals surface area (Å²) in [5, 5.41) is 0. The number of sulfonamides is 1. The van der Waals surface area contributed by atoms with E-state index in [-0.39, 0.29) is 16.2 Å². The fourth-order valence-electron chi connectivity index (χ4n) is 2.12. The number of ketones is 1. The molecule has 0 saturated carbocycles. The van der Waals surface area contributed by atoms with E-state index in [1.54, 1.807) is 26.8 Å². The third-order valence-electron chi connectivity index (χ3n) is 3.17. The van der Waals surface area contributed by atoms with E-state index in [9.17, 15) is 18.0 Å². The number of carbonyl (C=O) groups excluding carboxylic acids is 2. The lowest BCUT2D eigenvalue weighted by Gasteiger charge is -2.20. The fourth-order valence-corrected chi connectivity index (χ4v) is 4.38. The van der Waals surface area contributed by atoms with Crippen LogP contribution in [0.5, 0.6) is 0 Å². The summed E-state index contributed by atoms with van der Waals surface area (Å²) in [6, 6.07) is 9.02. The van der Waals surface area contributed by atoms with Gasteiger partial charge in [-0.3, -0.25) is 4.79 Å². The van der Waals surface area contributed by atoms with Crippen LogP contribution in [0.2, 0.25) is 0 Å². The molecule has 0 radical (unpaired) electrons. The third kappa shape index (κ3) is 5.48. The van der Waals surface area contributed by atoms with Gasteiger partial charge in [0.2, 0.25) is 15.8 Å². The van der Waals surface area contributed by atoms with E-state index in [0.717, 1.165) is 4.88 Å². The van der Waals surface area contributed by atoms with Crippen LogP contribution in [0.25, 0.3) is 0 Å². The molecule has 1 heterocycles. The molecule has 0 aliphatic carbocycles. The molecule has 0 fully saturated rings. The van der Waals surface area contributed by atoms with Crippen LogP contribution in [0.1, 0.15) is 45.7 Å². The number of aryl methyl sites for hydroxylation is 1. The van der Waals surface area contributed by atoms with Gasteiger partial charge in [0.25, 0.3) is 0 Å². The second kappa shape index (κ2) is 7.69. The molecule has 0 bridgehead atoms. The zero-order valence-corrected chi connectivity index (χ0v) is 16.7. The van der Waals surface area contributed by atoms with Gasteiger partial charge in [0.1, 0.15) is 0 Å². The molecule has 0 atom stereocenters. The lowest BCUT2D eigenvalue weighted by atomic mass is 10.1. The zero-order chi connectivity index (χ0) is 19.5. The summed E-state index contributed by atoms with van der Waals surface area (Å²) in [5.74, 6) is -1.05. The Morgan fingerprint density at radius 1 is 1.15 bits per heavy atom. The summed E-state index contributed by atoms with van der Waals surface area (Å²) in [6.07, 6.45) is 0. The van der Waals surface area contributed by atoms with Gasteiger partial charge in [-0.1, -0.05) is 6.07 Å². The minimum atomic E-state index is -3.77. The molecule has 0 spiro atoms. The highest BCUT2D eigenvalue weighted by Crippen LogP contribution is 2.17. The van der Waals surface area contributed by atoms with Crippen molar-refractivity contribution in [2.24, 2.45) is 0 Å². The van der Waals surface area contributed by atoms with Crippen LogP contribution in [0.4, 0.5) is 0 Å². The summed E-state index contributed by atoms with van der Waals surface area (Å²) in [5.41, 5.74) is -0.586. The average molecular weight is 396 g/mol. The first kappa shape index (κ1) is 20.3. The number of ether oxygens (including phenoxy) is 1. The number of hydrogen-bond donors (Lipinski definition) is 1. The summed E-state index contributed by atoms with van der Waals surface area (Å²) < 4.78 is 32.3.